The Bertz CT molecular complexity index is 850. The van der Waals surface area contributed by atoms with Crippen LogP contribution in [0.5, 0.6) is 0 Å². The summed E-state index contributed by atoms with van der Waals surface area (Å²) in [5.74, 6) is -0.397. The molecule has 1 aromatic carbocycles. The van der Waals surface area contributed by atoms with E-state index in [2.05, 4.69) is 25.5 Å². The quantitative estimate of drug-likeness (QED) is 0.305. The number of nitrogens with one attached hydrogen (secondary N) is 1. The highest BCUT2D eigenvalue weighted by molar-refractivity contribution is 6.32. The molecule has 1 aromatic heterocycles. The third-order valence-corrected chi connectivity index (χ3v) is 4.87. The lowest BCUT2D eigenvalue weighted by Gasteiger charge is -2.19. The van der Waals surface area contributed by atoms with Crippen molar-refractivity contribution < 1.29 is 20.4 Å². The summed E-state index contributed by atoms with van der Waals surface area (Å²) >= 11 is 6.15. The average Bonchev–Trinajstić information content (AvgIpc) is 2.95. The normalized spacial score (nSPS) is 24.8. The van der Waals surface area contributed by atoms with Crippen molar-refractivity contribution in [2.24, 2.45) is 16.1 Å². The molecule has 0 saturated heterocycles. The number of nitrogen functional groups attached to an aromatic ring is 1. The summed E-state index contributed by atoms with van der Waals surface area (Å²) in [7, 11) is 0. The molecule has 0 radical (unpaired) electrons. The Morgan fingerprint density at radius 3 is 2.43 bits per heavy atom. The summed E-state index contributed by atoms with van der Waals surface area (Å²) in [5.41, 5.74) is 7.04. The third kappa shape index (κ3) is 4.37. The Morgan fingerprint density at radius 1 is 1.11 bits per heavy atom. The molecule has 1 aliphatic carbocycles. The van der Waals surface area contributed by atoms with Crippen molar-refractivity contribution in [3.63, 3.8) is 0 Å². The van der Waals surface area contributed by atoms with Gasteiger partial charge in [-0.1, -0.05) is 23.7 Å². The van der Waals surface area contributed by atoms with Crippen molar-refractivity contribution in [2.45, 2.75) is 31.3 Å². The van der Waals surface area contributed by atoms with E-state index in [1.807, 2.05) is 0 Å². The van der Waals surface area contributed by atoms with Gasteiger partial charge in [0.25, 0.3) is 0 Å². The first-order valence-electron chi connectivity index (χ1n) is 8.61. The maximum atomic E-state index is 10.2. The summed E-state index contributed by atoms with van der Waals surface area (Å²) in [6.07, 6.45) is -1.85. The van der Waals surface area contributed by atoms with Gasteiger partial charge >= 0.3 is 0 Å². The second kappa shape index (κ2) is 8.76. The molecule has 0 spiro atoms. The van der Waals surface area contributed by atoms with Gasteiger partial charge in [0.1, 0.15) is 6.10 Å². The maximum Gasteiger partial charge on any atom is 0.223 e. The first-order valence-corrected chi connectivity index (χ1v) is 8.98. The summed E-state index contributed by atoms with van der Waals surface area (Å²) < 4.78 is 0. The van der Waals surface area contributed by atoms with Crippen molar-refractivity contribution in [3.8, 4) is 0 Å². The van der Waals surface area contributed by atoms with E-state index in [0.29, 0.717) is 12.1 Å². The van der Waals surface area contributed by atoms with Crippen LogP contribution in [0.2, 0.25) is 5.15 Å². The predicted octanol–water partition coefficient (Wildman–Crippen LogP) is 1.13. The van der Waals surface area contributed by atoms with E-state index in [1.165, 1.54) is 0 Å². The number of hydrogen-bond acceptors (Lipinski definition) is 10. The van der Waals surface area contributed by atoms with E-state index >= 15 is 0 Å². The number of nitrogens with zero attached hydrogens (tertiary/aromatic N) is 4. The van der Waals surface area contributed by atoms with Crippen molar-refractivity contribution in [1.29, 1.82) is 0 Å². The lowest BCUT2D eigenvalue weighted by atomic mass is 10.1. The van der Waals surface area contributed by atoms with Crippen LogP contribution in [-0.2, 0) is 6.61 Å². The zero-order chi connectivity index (χ0) is 20.3. The molecule has 1 aliphatic rings. The van der Waals surface area contributed by atoms with E-state index < -0.39 is 24.2 Å². The zero-order valence-electron chi connectivity index (χ0n) is 14.8. The smallest absolute Gasteiger partial charge is 0.223 e. The molecule has 1 heterocycles. The van der Waals surface area contributed by atoms with Gasteiger partial charge < -0.3 is 31.5 Å². The minimum Gasteiger partial charge on any atom is -0.396 e. The summed E-state index contributed by atoms with van der Waals surface area (Å²) in [6, 6.07) is 6.18. The van der Waals surface area contributed by atoms with Crippen LogP contribution in [0, 0.1) is 5.92 Å². The fourth-order valence-corrected chi connectivity index (χ4v) is 3.25. The van der Waals surface area contributed by atoms with E-state index in [1.54, 1.807) is 24.3 Å². The fraction of sp³-hybridized carbons (Fsp3) is 0.412. The molecular formula is C17H21ClN6O4. The van der Waals surface area contributed by atoms with Crippen LogP contribution in [0.1, 0.15) is 12.0 Å². The minimum absolute atomic E-state index is 0.0301. The minimum atomic E-state index is -1.11. The molecule has 28 heavy (non-hydrogen) atoms. The second-order valence-corrected chi connectivity index (χ2v) is 6.86. The number of aromatic nitrogens is 2. The molecule has 1 saturated carbocycles. The van der Waals surface area contributed by atoms with Gasteiger partial charge in [0.05, 0.1) is 24.4 Å². The summed E-state index contributed by atoms with van der Waals surface area (Å²) in [4.78, 5) is 7.94. The maximum absolute atomic E-state index is 10.2. The monoisotopic (exact) mass is 408 g/mol. The van der Waals surface area contributed by atoms with Crippen LogP contribution in [0.25, 0.3) is 0 Å². The number of hydrogen-bond donors (Lipinski definition) is 6. The Labute approximate surface area is 165 Å². The highest BCUT2D eigenvalue weighted by atomic mass is 35.5. The van der Waals surface area contributed by atoms with Crippen molar-refractivity contribution in [3.05, 3.63) is 35.0 Å². The molecule has 3 rings (SSSR count). The number of azo groups is 1. The molecule has 1 fully saturated rings. The predicted molar refractivity (Wildman–Crippen MR) is 103 cm³/mol. The van der Waals surface area contributed by atoms with Crippen molar-refractivity contribution in [2.75, 3.05) is 17.7 Å². The number of benzene rings is 1. The molecular weight excluding hydrogens is 388 g/mol. The summed E-state index contributed by atoms with van der Waals surface area (Å²) in [6.45, 7) is -0.326. The second-order valence-electron chi connectivity index (χ2n) is 6.50. The topological polar surface area (TPSA) is 169 Å². The van der Waals surface area contributed by atoms with Gasteiger partial charge in [-0.05, 0) is 24.1 Å². The van der Waals surface area contributed by atoms with Gasteiger partial charge in [-0.15, -0.1) is 5.11 Å². The van der Waals surface area contributed by atoms with Crippen LogP contribution >= 0.6 is 11.6 Å². The number of anilines is 2. The van der Waals surface area contributed by atoms with Crippen LogP contribution in [-0.4, -0.2) is 55.3 Å². The fourth-order valence-electron chi connectivity index (χ4n) is 3.03. The molecule has 150 valence electrons. The number of aliphatic hydroxyl groups is 4. The summed E-state index contributed by atoms with van der Waals surface area (Å²) in [5, 5.41) is 49.7. The Hall–Kier alpha value is -2.37. The third-order valence-electron chi connectivity index (χ3n) is 4.60. The molecule has 4 atom stereocenters. The van der Waals surface area contributed by atoms with E-state index in [9.17, 15) is 15.3 Å². The molecule has 0 amide bonds. The Morgan fingerprint density at radius 2 is 1.82 bits per heavy atom. The SMILES string of the molecule is Nc1nc(Cl)c(/N=N/c2ccc(CO)cc2)c(N[C@@H]2C[C@H](CO)[C@@H](O)[C@H]2O)n1. The van der Waals surface area contributed by atoms with Crippen molar-refractivity contribution in [1.82, 2.24) is 9.97 Å². The molecule has 0 bridgehead atoms. The van der Waals surface area contributed by atoms with Crippen LogP contribution < -0.4 is 11.1 Å². The molecule has 0 unspecified atom stereocenters. The largest absolute Gasteiger partial charge is 0.396 e. The number of halogens is 1. The standard InChI is InChI=1S/C17H21ClN6O4/c18-15-12(24-23-10-3-1-8(6-25)2-4-10)16(22-17(19)21-15)20-11-5-9(7-26)13(27)14(11)28/h1-4,9,11,13-14,25-28H,5-7H2,(H3,19,20,21,22)/b24-23+/t9-,11-,13-,14+/m1/s1. The van der Waals surface area contributed by atoms with Crippen LogP contribution in [0.3, 0.4) is 0 Å². The van der Waals surface area contributed by atoms with E-state index in [0.717, 1.165) is 5.56 Å². The van der Waals surface area contributed by atoms with E-state index in [-0.39, 0.29) is 35.8 Å². The van der Waals surface area contributed by atoms with Crippen LogP contribution in [0.15, 0.2) is 34.5 Å². The van der Waals surface area contributed by atoms with Gasteiger partial charge in [0, 0.05) is 12.5 Å². The molecule has 11 heteroatoms. The highest BCUT2D eigenvalue weighted by Gasteiger charge is 2.41. The Balaban J connectivity index is 1.86. The first-order chi connectivity index (χ1) is 13.4. The Kier molecular flexibility index (Phi) is 6.37. The van der Waals surface area contributed by atoms with Gasteiger partial charge in [-0.2, -0.15) is 15.1 Å². The highest BCUT2D eigenvalue weighted by Crippen LogP contribution is 2.36. The molecule has 7 N–H and O–H groups in total. The molecule has 2 aromatic rings. The van der Waals surface area contributed by atoms with Gasteiger partial charge in [-0.25, -0.2) is 0 Å². The lowest BCUT2D eigenvalue weighted by molar-refractivity contribution is 0.00446. The zero-order valence-corrected chi connectivity index (χ0v) is 15.5. The first kappa shape index (κ1) is 20.4. The molecule has 0 aliphatic heterocycles. The number of nitrogens with two attached hydrogens (primary N) is 1. The van der Waals surface area contributed by atoms with Gasteiger partial charge in [0.15, 0.2) is 16.7 Å². The molecule has 10 nitrogen and oxygen atoms in total. The van der Waals surface area contributed by atoms with E-state index in [4.69, 9.17) is 22.4 Å². The number of rotatable bonds is 6. The van der Waals surface area contributed by atoms with Crippen LogP contribution in [0.4, 0.5) is 23.1 Å². The number of aliphatic hydroxyl groups excluding tert-OH is 4. The van der Waals surface area contributed by atoms with Gasteiger partial charge in [-0.3, -0.25) is 0 Å². The average molecular weight is 409 g/mol. The van der Waals surface area contributed by atoms with Gasteiger partial charge in [0.2, 0.25) is 5.95 Å². The van der Waals surface area contributed by atoms with Crippen molar-refractivity contribution >= 4 is 34.7 Å². The lowest BCUT2D eigenvalue weighted by Crippen LogP contribution is -2.35.